The van der Waals surface area contributed by atoms with Crippen molar-refractivity contribution in [3.63, 3.8) is 0 Å². The molecule has 140 valence electrons. The molecular formula is C19H36N2O3. The quantitative estimate of drug-likeness (QED) is 0.825. The summed E-state index contributed by atoms with van der Waals surface area (Å²) in [5, 5.41) is 13.5. The number of amides is 1. The first kappa shape index (κ1) is 19.5. The van der Waals surface area contributed by atoms with Crippen molar-refractivity contribution in [2.24, 2.45) is 11.8 Å². The molecular weight excluding hydrogens is 304 g/mol. The summed E-state index contributed by atoms with van der Waals surface area (Å²) in [6.07, 6.45) is 6.13. The normalized spacial score (nSPS) is 30.0. The summed E-state index contributed by atoms with van der Waals surface area (Å²) in [6.45, 7) is 10.5. The molecule has 0 radical (unpaired) electrons. The number of piperidine rings is 1. The first-order valence-electron chi connectivity index (χ1n) is 9.64. The first-order chi connectivity index (χ1) is 11.2. The second-order valence-corrected chi connectivity index (χ2v) is 8.71. The standard InChI is InChI=1S/C19H36N2O3/c1-14(20-12-15-7-5-9-17(22)11-15)16-8-6-10-21(13-16)18(23)24-19(2,3)4/h14-17,20,22H,5-13H2,1-4H3. The summed E-state index contributed by atoms with van der Waals surface area (Å²) in [5.74, 6) is 1.06. The molecule has 4 unspecified atom stereocenters. The molecule has 4 atom stereocenters. The van der Waals surface area contributed by atoms with E-state index >= 15 is 0 Å². The summed E-state index contributed by atoms with van der Waals surface area (Å²) < 4.78 is 5.51. The van der Waals surface area contributed by atoms with Crippen molar-refractivity contribution in [3.05, 3.63) is 0 Å². The van der Waals surface area contributed by atoms with Crippen LogP contribution in [0.3, 0.4) is 0 Å². The smallest absolute Gasteiger partial charge is 0.410 e. The van der Waals surface area contributed by atoms with E-state index in [-0.39, 0.29) is 12.2 Å². The van der Waals surface area contributed by atoms with E-state index in [0.29, 0.717) is 17.9 Å². The molecule has 0 aromatic rings. The maximum absolute atomic E-state index is 12.3. The Balaban J connectivity index is 1.77. The molecule has 2 fully saturated rings. The van der Waals surface area contributed by atoms with Gasteiger partial charge in [0.1, 0.15) is 5.60 Å². The van der Waals surface area contributed by atoms with Crippen molar-refractivity contribution in [2.45, 2.75) is 84.0 Å². The lowest BCUT2D eigenvalue weighted by molar-refractivity contribution is 0.0146. The van der Waals surface area contributed by atoms with Crippen LogP contribution in [0.4, 0.5) is 4.79 Å². The highest BCUT2D eigenvalue weighted by molar-refractivity contribution is 5.68. The van der Waals surface area contributed by atoms with E-state index in [1.54, 1.807) is 0 Å². The van der Waals surface area contributed by atoms with E-state index in [1.165, 1.54) is 6.42 Å². The molecule has 24 heavy (non-hydrogen) atoms. The van der Waals surface area contributed by atoms with Gasteiger partial charge in [0.05, 0.1) is 6.10 Å². The molecule has 1 heterocycles. The van der Waals surface area contributed by atoms with Crippen molar-refractivity contribution in [1.82, 2.24) is 10.2 Å². The van der Waals surface area contributed by atoms with E-state index in [2.05, 4.69) is 12.2 Å². The van der Waals surface area contributed by atoms with Crippen LogP contribution < -0.4 is 5.32 Å². The zero-order chi connectivity index (χ0) is 17.7. The fourth-order valence-corrected chi connectivity index (χ4v) is 3.88. The van der Waals surface area contributed by atoms with Gasteiger partial charge in [0.2, 0.25) is 0 Å². The minimum atomic E-state index is -0.435. The molecule has 2 rings (SSSR count). The van der Waals surface area contributed by atoms with Gasteiger partial charge in [-0.3, -0.25) is 0 Å². The van der Waals surface area contributed by atoms with Gasteiger partial charge < -0.3 is 20.1 Å². The summed E-state index contributed by atoms with van der Waals surface area (Å²) in [6, 6.07) is 0.384. The molecule has 2 aliphatic rings. The van der Waals surface area contributed by atoms with Crippen molar-refractivity contribution >= 4 is 6.09 Å². The number of likely N-dealkylation sites (tertiary alicyclic amines) is 1. The van der Waals surface area contributed by atoms with E-state index in [1.807, 2.05) is 25.7 Å². The number of hydrogen-bond donors (Lipinski definition) is 2. The van der Waals surface area contributed by atoms with Gasteiger partial charge in [0.15, 0.2) is 0 Å². The lowest BCUT2D eigenvalue weighted by Gasteiger charge is -2.37. The third kappa shape index (κ3) is 6.25. The largest absolute Gasteiger partial charge is 0.444 e. The maximum Gasteiger partial charge on any atom is 0.410 e. The molecule has 1 aliphatic carbocycles. The predicted octanol–water partition coefficient (Wildman–Crippen LogP) is 3.16. The van der Waals surface area contributed by atoms with E-state index in [0.717, 1.165) is 51.7 Å². The minimum absolute atomic E-state index is 0.113. The number of carbonyl (C=O) groups is 1. The number of ether oxygens (including phenoxy) is 1. The van der Waals surface area contributed by atoms with E-state index in [4.69, 9.17) is 4.74 Å². The highest BCUT2D eigenvalue weighted by atomic mass is 16.6. The molecule has 0 aromatic heterocycles. The topological polar surface area (TPSA) is 61.8 Å². The molecule has 2 N–H and O–H groups in total. The number of nitrogens with zero attached hydrogens (tertiary/aromatic N) is 1. The molecule has 0 aromatic carbocycles. The van der Waals surface area contributed by atoms with Crippen LogP contribution in [0.2, 0.25) is 0 Å². The summed E-state index contributed by atoms with van der Waals surface area (Å²) in [5.41, 5.74) is -0.435. The Bertz CT molecular complexity index is 408. The van der Waals surface area contributed by atoms with Crippen LogP contribution in [0.5, 0.6) is 0 Å². The third-order valence-corrected chi connectivity index (χ3v) is 5.30. The molecule has 1 aliphatic heterocycles. The van der Waals surface area contributed by atoms with Crippen LogP contribution in [0.15, 0.2) is 0 Å². The van der Waals surface area contributed by atoms with Crippen molar-refractivity contribution in [3.8, 4) is 0 Å². The number of hydrogen-bond acceptors (Lipinski definition) is 4. The van der Waals surface area contributed by atoms with Crippen molar-refractivity contribution in [1.29, 1.82) is 0 Å². The fraction of sp³-hybridized carbons (Fsp3) is 0.947. The predicted molar refractivity (Wildman–Crippen MR) is 96.0 cm³/mol. The Morgan fingerprint density at radius 2 is 2.04 bits per heavy atom. The lowest BCUT2D eigenvalue weighted by Crippen LogP contribution is -2.48. The van der Waals surface area contributed by atoms with Crippen LogP contribution in [0, 0.1) is 11.8 Å². The Morgan fingerprint density at radius 3 is 2.71 bits per heavy atom. The van der Waals surface area contributed by atoms with Crippen LogP contribution in [-0.2, 0) is 4.74 Å². The van der Waals surface area contributed by atoms with Gasteiger partial charge in [-0.05, 0) is 78.2 Å². The molecule has 5 heteroatoms. The van der Waals surface area contributed by atoms with Gasteiger partial charge in [0, 0.05) is 19.1 Å². The van der Waals surface area contributed by atoms with E-state index in [9.17, 15) is 9.90 Å². The average molecular weight is 341 g/mol. The number of rotatable bonds is 4. The Labute approximate surface area is 147 Å². The minimum Gasteiger partial charge on any atom is -0.444 e. The second-order valence-electron chi connectivity index (χ2n) is 8.71. The summed E-state index contributed by atoms with van der Waals surface area (Å²) in [4.78, 5) is 14.1. The lowest BCUT2D eigenvalue weighted by atomic mass is 9.86. The number of aliphatic hydroxyl groups is 1. The van der Waals surface area contributed by atoms with Crippen LogP contribution in [0.1, 0.15) is 66.2 Å². The maximum atomic E-state index is 12.3. The Morgan fingerprint density at radius 1 is 1.29 bits per heavy atom. The fourth-order valence-electron chi connectivity index (χ4n) is 3.88. The summed E-state index contributed by atoms with van der Waals surface area (Å²) in [7, 11) is 0. The van der Waals surface area contributed by atoms with Crippen LogP contribution in [0.25, 0.3) is 0 Å². The number of aliphatic hydroxyl groups excluding tert-OH is 1. The zero-order valence-electron chi connectivity index (χ0n) is 15.9. The number of nitrogens with one attached hydrogen (secondary N) is 1. The molecule has 5 nitrogen and oxygen atoms in total. The monoisotopic (exact) mass is 340 g/mol. The Kier molecular flexibility index (Phi) is 6.93. The van der Waals surface area contributed by atoms with Crippen molar-refractivity contribution in [2.75, 3.05) is 19.6 Å². The average Bonchev–Trinajstić information content (AvgIpc) is 2.51. The van der Waals surface area contributed by atoms with E-state index < -0.39 is 5.60 Å². The SMILES string of the molecule is CC(NCC1CCCC(O)C1)C1CCCN(C(=O)OC(C)(C)C)C1. The van der Waals surface area contributed by atoms with Crippen LogP contribution >= 0.6 is 0 Å². The number of carbonyl (C=O) groups excluding carboxylic acids is 1. The van der Waals surface area contributed by atoms with Gasteiger partial charge in [-0.15, -0.1) is 0 Å². The molecule has 0 bridgehead atoms. The molecule has 0 spiro atoms. The summed E-state index contributed by atoms with van der Waals surface area (Å²) >= 11 is 0. The Hall–Kier alpha value is -0.810. The zero-order valence-corrected chi connectivity index (χ0v) is 15.9. The third-order valence-electron chi connectivity index (χ3n) is 5.30. The van der Waals surface area contributed by atoms with Gasteiger partial charge in [-0.2, -0.15) is 0 Å². The molecule has 1 amide bonds. The van der Waals surface area contributed by atoms with Crippen LogP contribution in [-0.4, -0.2) is 53.5 Å². The van der Waals surface area contributed by atoms with Gasteiger partial charge in [0.25, 0.3) is 0 Å². The second kappa shape index (κ2) is 8.52. The molecule has 1 saturated carbocycles. The van der Waals surface area contributed by atoms with Crippen molar-refractivity contribution < 1.29 is 14.6 Å². The van der Waals surface area contributed by atoms with Gasteiger partial charge >= 0.3 is 6.09 Å². The highest BCUT2D eigenvalue weighted by Crippen LogP contribution is 2.25. The molecule has 1 saturated heterocycles. The highest BCUT2D eigenvalue weighted by Gasteiger charge is 2.30. The van der Waals surface area contributed by atoms with Gasteiger partial charge in [-0.25, -0.2) is 4.79 Å². The van der Waals surface area contributed by atoms with Gasteiger partial charge in [-0.1, -0.05) is 6.42 Å². The first-order valence-corrected chi connectivity index (χ1v) is 9.64.